The molecule has 1 aliphatic rings. The van der Waals surface area contributed by atoms with Crippen LogP contribution in [0.2, 0.25) is 0 Å². The summed E-state index contributed by atoms with van der Waals surface area (Å²) in [5.74, 6) is 0.660. The van der Waals surface area contributed by atoms with Gasteiger partial charge in [0, 0.05) is 42.9 Å². The van der Waals surface area contributed by atoms with Crippen molar-refractivity contribution in [3.63, 3.8) is 0 Å². The van der Waals surface area contributed by atoms with Gasteiger partial charge < -0.3 is 15.4 Å². The molecule has 3 N–H and O–H groups in total. The van der Waals surface area contributed by atoms with E-state index in [4.69, 9.17) is 4.74 Å². The maximum atomic E-state index is 12.4. The molecule has 1 amide bonds. The lowest BCUT2D eigenvalue weighted by molar-refractivity contribution is 0.0944. The van der Waals surface area contributed by atoms with Crippen LogP contribution in [0.4, 0.5) is 0 Å². The van der Waals surface area contributed by atoms with Gasteiger partial charge in [-0.2, -0.15) is 5.10 Å². The summed E-state index contributed by atoms with van der Waals surface area (Å²) in [6.45, 7) is 6.59. The normalized spacial score (nSPS) is 13.5. The summed E-state index contributed by atoms with van der Waals surface area (Å²) in [6, 6.07) is 6.00. The highest BCUT2D eigenvalue weighted by Gasteiger charge is 2.21. The van der Waals surface area contributed by atoms with Crippen LogP contribution in [0.1, 0.15) is 39.8 Å². The Morgan fingerprint density at radius 1 is 1.43 bits per heavy atom. The molecule has 0 unspecified atom stereocenters. The lowest BCUT2D eigenvalue weighted by atomic mass is 10.1. The molecule has 1 aromatic carbocycles. The third-order valence-electron chi connectivity index (χ3n) is 3.98. The summed E-state index contributed by atoms with van der Waals surface area (Å²) in [7, 11) is 0. The Hall–Kier alpha value is -2.34. The molecule has 3 rings (SSSR count). The van der Waals surface area contributed by atoms with Gasteiger partial charge in [-0.3, -0.25) is 9.89 Å². The fourth-order valence-corrected chi connectivity index (χ4v) is 2.77. The van der Waals surface area contributed by atoms with Crippen LogP contribution in [0.3, 0.4) is 0 Å². The summed E-state index contributed by atoms with van der Waals surface area (Å²) in [6.07, 6.45) is 0.877. The molecule has 1 aliphatic heterocycles. The van der Waals surface area contributed by atoms with Crippen molar-refractivity contribution < 1.29 is 9.53 Å². The number of H-pyrrole nitrogens is 1. The first-order chi connectivity index (χ1) is 11.2. The van der Waals surface area contributed by atoms with E-state index in [2.05, 4.69) is 20.8 Å². The van der Waals surface area contributed by atoms with Gasteiger partial charge in [-0.05, 0) is 25.5 Å². The van der Waals surface area contributed by atoms with E-state index < -0.39 is 0 Å². The Kier molecular flexibility index (Phi) is 4.62. The van der Waals surface area contributed by atoms with Crippen molar-refractivity contribution in [2.45, 2.75) is 33.4 Å². The molecular weight excluding hydrogens is 292 g/mol. The first kappa shape index (κ1) is 15.6. The quantitative estimate of drug-likeness (QED) is 0.785. The first-order valence-corrected chi connectivity index (χ1v) is 7.96. The molecule has 2 heterocycles. The highest BCUT2D eigenvalue weighted by molar-refractivity contribution is 5.94. The van der Waals surface area contributed by atoms with E-state index >= 15 is 0 Å². The van der Waals surface area contributed by atoms with Gasteiger partial charge in [-0.25, -0.2) is 0 Å². The number of carbonyl (C=O) groups excluding carboxylic acids is 1. The van der Waals surface area contributed by atoms with E-state index in [0.717, 1.165) is 41.1 Å². The maximum absolute atomic E-state index is 12.4. The maximum Gasteiger partial charge on any atom is 0.272 e. The van der Waals surface area contributed by atoms with Crippen LogP contribution in [0.15, 0.2) is 18.2 Å². The Morgan fingerprint density at radius 2 is 2.30 bits per heavy atom. The number of nitrogens with one attached hydrogen (secondary N) is 3. The molecule has 2 aromatic rings. The topological polar surface area (TPSA) is 79.0 Å². The number of aromatic amines is 1. The third kappa shape index (κ3) is 3.37. The van der Waals surface area contributed by atoms with E-state index in [0.29, 0.717) is 25.4 Å². The Morgan fingerprint density at radius 3 is 3.13 bits per heavy atom. The second kappa shape index (κ2) is 6.83. The van der Waals surface area contributed by atoms with Crippen LogP contribution in [-0.2, 0) is 19.5 Å². The average Bonchev–Trinajstić information content (AvgIpc) is 2.98. The van der Waals surface area contributed by atoms with Crippen molar-refractivity contribution in [3.05, 3.63) is 46.3 Å². The van der Waals surface area contributed by atoms with E-state index in [9.17, 15) is 4.79 Å². The molecule has 0 saturated carbocycles. The lowest BCUT2D eigenvalue weighted by Crippen LogP contribution is -2.28. The largest absolute Gasteiger partial charge is 0.494 e. The molecule has 0 fully saturated rings. The van der Waals surface area contributed by atoms with Crippen LogP contribution in [0.25, 0.3) is 0 Å². The van der Waals surface area contributed by atoms with Gasteiger partial charge in [-0.15, -0.1) is 0 Å². The number of hydrogen-bond acceptors (Lipinski definition) is 4. The fourth-order valence-electron chi connectivity index (χ4n) is 2.77. The Labute approximate surface area is 135 Å². The van der Waals surface area contributed by atoms with Gasteiger partial charge in [0.25, 0.3) is 5.91 Å². The summed E-state index contributed by atoms with van der Waals surface area (Å²) >= 11 is 0. The Balaban J connectivity index is 1.71. The molecule has 0 atom stereocenters. The minimum atomic E-state index is -0.158. The van der Waals surface area contributed by atoms with Gasteiger partial charge in [0.05, 0.1) is 6.61 Å². The molecule has 1 aromatic heterocycles. The van der Waals surface area contributed by atoms with Crippen molar-refractivity contribution in [1.82, 2.24) is 20.8 Å². The van der Waals surface area contributed by atoms with Gasteiger partial charge >= 0.3 is 0 Å². The van der Waals surface area contributed by atoms with E-state index in [1.54, 1.807) is 0 Å². The molecule has 0 bridgehead atoms. The smallest absolute Gasteiger partial charge is 0.272 e. The molecule has 0 spiro atoms. The molecule has 6 heteroatoms. The zero-order chi connectivity index (χ0) is 16.2. The van der Waals surface area contributed by atoms with Crippen molar-refractivity contribution in [1.29, 1.82) is 0 Å². The van der Waals surface area contributed by atoms with Crippen molar-refractivity contribution in [2.75, 3.05) is 13.2 Å². The average molecular weight is 314 g/mol. The number of hydrogen-bond donors (Lipinski definition) is 3. The molecule has 6 nitrogen and oxygen atoms in total. The number of rotatable bonds is 5. The highest BCUT2D eigenvalue weighted by Crippen LogP contribution is 2.21. The molecule has 0 radical (unpaired) electrons. The Bertz CT molecular complexity index is 709. The van der Waals surface area contributed by atoms with Crippen LogP contribution in [0.5, 0.6) is 5.75 Å². The number of ether oxygens (including phenoxy) is 1. The monoisotopic (exact) mass is 314 g/mol. The zero-order valence-corrected chi connectivity index (χ0v) is 13.5. The van der Waals surface area contributed by atoms with Gasteiger partial charge in [0.1, 0.15) is 5.75 Å². The van der Waals surface area contributed by atoms with E-state index in [1.807, 2.05) is 32.0 Å². The van der Waals surface area contributed by atoms with Gasteiger partial charge in [0.15, 0.2) is 5.69 Å². The van der Waals surface area contributed by atoms with Gasteiger partial charge in [-0.1, -0.05) is 12.1 Å². The first-order valence-electron chi connectivity index (χ1n) is 7.96. The third-order valence-corrected chi connectivity index (χ3v) is 3.98. The minimum Gasteiger partial charge on any atom is -0.494 e. The number of aryl methyl sites for hydroxylation is 1. The van der Waals surface area contributed by atoms with E-state index in [1.165, 1.54) is 0 Å². The molecule has 23 heavy (non-hydrogen) atoms. The van der Waals surface area contributed by atoms with Gasteiger partial charge in [0.2, 0.25) is 0 Å². The predicted molar refractivity (Wildman–Crippen MR) is 87.5 cm³/mol. The second-order valence-corrected chi connectivity index (χ2v) is 5.68. The molecule has 0 saturated heterocycles. The summed E-state index contributed by atoms with van der Waals surface area (Å²) in [5.41, 5.74) is 4.61. The number of nitrogens with zero attached hydrogens (tertiary/aromatic N) is 1. The number of carbonyl (C=O) groups is 1. The fraction of sp³-hybridized carbons (Fsp3) is 0.412. The molecule has 0 aliphatic carbocycles. The predicted octanol–water partition coefficient (Wildman–Crippen LogP) is 1.69. The highest BCUT2D eigenvalue weighted by atomic mass is 16.5. The summed E-state index contributed by atoms with van der Waals surface area (Å²) in [4.78, 5) is 12.4. The number of fused-ring (bicyclic) bond motifs is 1. The second-order valence-electron chi connectivity index (χ2n) is 5.68. The van der Waals surface area contributed by atoms with Crippen molar-refractivity contribution >= 4 is 5.91 Å². The molecule has 122 valence electrons. The van der Waals surface area contributed by atoms with Crippen molar-refractivity contribution in [2.24, 2.45) is 0 Å². The number of amides is 1. The van der Waals surface area contributed by atoms with Crippen LogP contribution in [0, 0.1) is 6.92 Å². The van der Waals surface area contributed by atoms with Crippen molar-refractivity contribution in [3.8, 4) is 5.75 Å². The summed E-state index contributed by atoms with van der Waals surface area (Å²) < 4.78 is 5.65. The van der Waals surface area contributed by atoms with E-state index in [-0.39, 0.29) is 5.91 Å². The number of benzene rings is 1. The van der Waals surface area contributed by atoms with Crippen LogP contribution < -0.4 is 15.4 Å². The lowest BCUT2D eigenvalue weighted by Gasteiger charge is -2.14. The molecular formula is C17H22N4O2. The summed E-state index contributed by atoms with van der Waals surface area (Å²) in [5, 5.41) is 13.4. The number of aromatic nitrogens is 2. The minimum absolute atomic E-state index is 0.158. The van der Waals surface area contributed by atoms with Crippen LogP contribution in [-0.4, -0.2) is 29.3 Å². The zero-order valence-electron chi connectivity index (χ0n) is 13.5. The SMILES string of the molecule is CCOc1cc(C)ccc1CNC(=O)c1n[nH]c2c1CNCC2. The standard InChI is InChI=1S/C17H22N4O2/c1-3-23-15-8-11(2)4-5-12(15)9-19-17(22)16-13-10-18-7-6-14(13)20-21-16/h4-5,8,18H,3,6-7,9-10H2,1-2H3,(H,19,22)(H,20,21). The van der Waals surface area contributed by atoms with Crippen LogP contribution >= 0.6 is 0 Å².